The highest BCUT2D eigenvalue weighted by atomic mass is 32.2. The summed E-state index contributed by atoms with van der Waals surface area (Å²) in [5.41, 5.74) is -0.585. The van der Waals surface area contributed by atoms with E-state index in [1.807, 2.05) is 6.92 Å². The Morgan fingerprint density at radius 2 is 1.85 bits per heavy atom. The summed E-state index contributed by atoms with van der Waals surface area (Å²) in [6.45, 7) is 10.7. The summed E-state index contributed by atoms with van der Waals surface area (Å²) in [6, 6.07) is 6.40. The SMILES string of the molecule is Cc1ccc(S(=O)(=O)OCC2CN(C(=O)OC(C)(C)C)C(C)(C)O2)cc1. The molecule has 0 aliphatic carbocycles. The van der Waals surface area contributed by atoms with Gasteiger partial charge in [0.25, 0.3) is 10.1 Å². The summed E-state index contributed by atoms with van der Waals surface area (Å²) in [4.78, 5) is 13.9. The van der Waals surface area contributed by atoms with E-state index in [0.29, 0.717) is 0 Å². The molecule has 1 unspecified atom stereocenters. The summed E-state index contributed by atoms with van der Waals surface area (Å²) in [7, 11) is -3.88. The average Bonchev–Trinajstić information content (AvgIpc) is 2.79. The van der Waals surface area contributed by atoms with Crippen LogP contribution < -0.4 is 0 Å². The second kappa shape index (κ2) is 7.17. The van der Waals surface area contributed by atoms with E-state index in [0.717, 1.165) is 5.56 Å². The zero-order valence-electron chi connectivity index (χ0n) is 16.1. The average molecular weight is 385 g/mol. The van der Waals surface area contributed by atoms with Crippen LogP contribution in [-0.2, 0) is 23.8 Å². The van der Waals surface area contributed by atoms with Crippen molar-refractivity contribution < 1.29 is 26.9 Å². The second-order valence-electron chi connectivity index (χ2n) is 7.83. The van der Waals surface area contributed by atoms with E-state index in [-0.39, 0.29) is 18.0 Å². The van der Waals surface area contributed by atoms with Crippen LogP contribution in [0.3, 0.4) is 0 Å². The molecule has 26 heavy (non-hydrogen) atoms. The number of ether oxygens (including phenoxy) is 2. The van der Waals surface area contributed by atoms with E-state index < -0.39 is 33.6 Å². The van der Waals surface area contributed by atoms with Crippen molar-refractivity contribution in [1.29, 1.82) is 0 Å². The van der Waals surface area contributed by atoms with Crippen molar-refractivity contribution in [2.75, 3.05) is 13.2 Å². The van der Waals surface area contributed by atoms with Gasteiger partial charge in [-0.3, -0.25) is 9.08 Å². The normalized spacial score (nSPS) is 20.2. The largest absolute Gasteiger partial charge is 0.444 e. The maximum absolute atomic E-state index is 12.3. The molecule has 0 N–H and O–H groups in total. The van der Waals surface area contributed by atoms with E-state index in [4.69, 9.17) is 13.7 Å². The Labute approximate surface area is 155 Å². The zero-order valence-corrected chi connectivity index (χ0v) is 16.9. The van der Waals surface area contributed by atoms with Gasteiger partial charge in [-0.05, 0) is 53.7 Å². The Hall–Kier alpha value is -1.64. The molecule has 2 rings (SSSR count). The van der Waals surface area contributed by atoms with Gasteiger partial charge in [-0.15, -0.1) is 0 Å². The molecule has 0 spiro atoms. The number of nitrogens with zero attached hydrogens (tertiary/aromatic N) is 1. The van der Waals surface area contributed by atoms with Gasteiger partial charge in [0.2, 0.25) is 0 Å². The maximum Gasteiger partial charge on any atom is 0.412 e. The second-order valence-corrected chi connectivity index (χ2v) is 9.44. The van der Waals surface area contributed by atoms with E-state index in [1.54, 1.807) is 46.8 Å². The smallest absolute Gasteiger partial charge is 0.412 e. The van der Waals surface area contributed by atoms with Crippen LogP contribution in [0.2, 0.25) is 0 Å². The molecule has 1 aliphatic heterocycles. The van der Waals surface area contributed by atoms with Crippen LogP contribution >= 0.6 is 0 Å². The van der Waals surface area contributed by atoms with Gasteiger partial charge in [-0.1, -0.05) is 17.7 Å². The van der Waals surface area contributed by atoms with Crippen LogP contribution in [0.1, 0.15) is 40.2 Å². The molecule has 0 aromatic heterocycles. The summed E-state index contributed by atoms with van der Waals surface area (Å²) in [5.74, 6) is 0. The maximum atomic E-state index is 12.3. The standard InChI is InChI=1S/C18H27NO6S/c1-13-7-9-15(10-8-13)26(21,22)23-12-14-11-19(18(5,6)24-14)16(20)25-17(2,3)4/h7-10,14H,11-12H2,1-6H3. The van der Waals surface area contributed by atoms with Crippen LogP contribution in [0.25, 0.3) is 0 Å². The number of hydrogen-bond donors (Lipinski definition) is 0. The summed E-state index contributed by atoms with van der Waals surface area (Å²) in [6.07, 6.45) is -1.08. The molecule has 0 saturated carbocycles. The molecule has 1 saturated heterocycles. The Balaban J connectivity index is 2.01. The number of hydrogen-bond acceptors (Lipinski definition) is 6. The van der Waals surface area contributed by atoms with Crippen LogP contribution in [-0.4, -0.2) is 50.0 Å². The molecular weight excluding hydrogens is 358 g/mol. The molecule has 8 heteroatoms. The third-order valence-corrected chi connectivity index (χ3v) is 5.12. The Morgan fingerprint density at radius 3 is 2.38 bits per heavy atom. The molecule has 1 aromatic rings. The van der Waals surface area contributed by atoms with Crippen molar-refractivity contribution in [2.45, 2.75) is 63.9 Å². The molecule has 0 radical (unpaired) electrons. The van der Waals surface area contributed by atoms with Crippen molar-refractivity contribution in [1.82, 2.24) is 4.90 Å². The van der Waals surface area contributed by atoms with Crippen molar-refractivity contribution in [3.63, 3.8) is 0 Å². The first kappa shape index (κ1) is 20.7. The highest BCUT2D eigenvalue weighted by Crippen LogP contribution is 2.29. The summed E-state index contributed by atoms with van der Waals surface area (Å²) in [5, 5.41) is 0. The Bertz CT molecular complexity index is 749. The predicted molar refractivity (Wildman–Crippen MR) is 96.2 cm³/mol. The first-order valence-corrected chi connectivity index (χ1v) is 9.85. The molecule has 1 atom stereocenters. The van der Waals surface area contributed by atoms with Gasteiger partial charge >= 0.3 is 6.09 Å². The van der Waals surface area contributed by atoms with E-state index in [9.17, 15) is 13.2 Å². The lowest BCUT2D eigenvalue weighted by Gasteiger charge is -2.31. The lowest BCUT2D eigenvalue weighted by Crippen LogP contribution is -2.46. The topological polar surface area (TPSA) is 82.1 Å². The van der Waals surface area contributed by atoms with Crippen LogP contribution in [0.4, 0.5) is 4.79 Å². The molecule has 146 valence electrons. The van der Waals surface area contributed by atoms with Gasteiger partial charge in [0.1, 0.15) is 17.4 Å². The predicted octanol–water partition coefficient (Wildman–Crippen LogP) is 3.07. The fourth-order valence-corrected chi connectivity index (χ4v) is 3.51. The molecule has 1 fully saturated rings. The molecule has 1 aliphatic rings. The molecule has 1 aromatic carbocycles. The van der Waals surface area contributed by atoms with Gasteiger partial charge < -0.3 is 9.47 Å². The van der Waals surface area contributed by atoms with Crippen molar-refractivity contribution in [3.8, 4) is 0 Å². The Morgan fingerprint density at radius 1 is 1.27 bits per heavy atom. The minimum atomic E-state index is -3.88. The minimum absolute atomic E-state index is 0.0874. The van der Waals surface area contributed by atoms with Crippen molar-refractivity contribution in [3.05, 3.63) is 29.8 Å². The number of carbonyl (C=O) groups is 1. The van der Waals surface area contributed by atoms with Gasteiger partial charge in [-0.25, -0.2) is 4.79 Å². The van der Waals surface area contributed by atoms with Crippen LogP contribution in [0, 0.1) is 6.92 Å². The van der Waals surface area contributed by atoms with E-state index >= 15 is 0 Å². The first-order chi connectivity index (χ1) is 11.8. The number of amides is 1. The third kappa shape index (κ3) is 5.18. The van der Waals surface area contributed by atoms with E-state index in [2.05, 4.69) is 0 Å². The number of rotatable bonds is 4. The minimum Gasteiger partial charge on any atom is -0.444 e. The summed E-state index contributed by atoms with van der Waals surface area (Å²) < 4.78 is 40.9. The molecule has 7 nitrogen and oxygen atoms in total. The van der Waals surface area contributed by atoms with Gasteiger partial charge in [0.15, 0.2) is 0 Å². The highest BCUT2D eigenvalue weighted by Gasteiger charge is 2.44. The third-order valence-electron chi connectivity index (χ3n) is 3.82. The monoisotopic (exact) mass is 385 g/mol. The number of carbonyl (C=O) groups excluding carboxylic acids is 1. The van der Waals surface area contributed by atoms with Crippen LogP contribution in [0.5, 0.6) is 0 Å². The first-order valence-electron chi connectivity index (χ1n) is 8.45. The fraction of sp³-hybridized carbons (Fsp3) is 0.611. The number of aryl methyl sites for hydroxylation is 1. The Kier molecular flexibility index (Phi) is 5.70. The lowest BCUT2D eigenvalue weighted by atomic mass is 10.2. The molecular formula is C18H27NO6S. The molecule has 1 heterocycles. The lowest BCUT2D eigenvalue weighted by molar-refractivity contribution is -0.0842. The summed E-state index contributed by atoms with van der Waals surface area (Å²) >= 11 is 0. The van der Waals surface area contributed by atoms with Gasteiger partial charge in [0.05, 0.1) is 18.0 Å². The van der Waals surface area contributed by atoms with Crippen molar-refractivity contribution in [2.24, 2.45) is 0 Å². The van der Waals surface area contributed by atoms with Crippen LogP contribution in [0.15, 0.2) is 29.2 Å². The highest BCUT2D eigenvalue weighted by molar-refractivity contribution is 7.86. The van der Waals surface area contributed by atoms with Gasteiger partial charge in [0, 0.05) is 0 Å². The molecule has 0 bridgehead atoms. The quantitative estimate of drug-likeness (QED) is 0.741. The zero-order chi connectivity index (χ0) is 19.8. The van der Waals surface area contributed by atoms with Crippen molar-refractivity contribution >= 4 is 16.2 Å². The fourth-order valence-electron chi connectivity index (χ4n) is 2.57. The number of benzene rings is 1. The van der Waals surface area contributed by atoms with Gasteiger partial charge in [-0.2, -0.15) is 8.42 Å². The van der Waals surface area contributed by atoms with E-state index in [1.165, 1.54) is 17.0 Å². The molecule has 1 amide bonds.